The first-order valence-electron chi connectivity index (χ1n) is 10.7. The van der Waals surface area contributed by atoms with Crippen molar-refractivity contribution in [2.45, 2.75) is 12.8 Å². The second kappa shape index (κ2) is 6.11. The van der Waals surface area contributed by atoms with Crippen LogP contribution in [0, 0.1) is 47.3 Å². The van der Waals surface area contributed by atoms with Crippen LogP contribution in [0.4, 0.5) is 0 Å². The van der Waals surface area contributed by atoms with Gasteiger partial charge in [0.2, 0.25) is 23.6 Å². The fourth-order valence-corrected chi connectivity index (χ4v) is 6.78. The van der Waals surface area contributed by atoms with Crippen LogP contribution in [0.5, 0.6) is 0 Å². The molecule has 4 fully saturated rings. The van der Waals surface area contributed by atoms with Crippen LogP contribution in [0.3, 0.4) is 0 Å². The highest BCUT2D eigenvalue weighted by atomic mass is 16.5. The quantitative estimate of drug-likeness (QED) is 0.373. The predicted molar refractivity (Wildman–Crippen MR) is 99.7 cm³/mol. The highest BCUT2D eigenvalue weighted by molar-refractivity contribution is 6.07. The molecule has 7 nitrogen and oxygen atoms in total. The highest BCUT2D eigenvalue weighted by Crippen LogP contribution is 2.53. The molecular weight excluding hydrogens is 372 g/mol. The van der Waals surface area contributed by atoms with Crippen LogP contribution in [-0.2, 0) is 23.9 Å². The minimum atomic E-state index is -0.180. The molecule has 7 heteroatoms. The summed E-state index contributed by atoms with van der Waals surface area (Å²) in [5.41, 5.74) is 0. The molecule has 4 aliphatic carbocycles. The maximum Gasteiger partial charge on any atom is 0.233 e. The van der Waals surface area contributed by atoms with Crippen LogP contribution in [-0.4, -0.2) is 59.7 Å². The number of amides is 4. The normalized spacial score (nSPS) is 43.4. The van der Waals surface area contributed by atoms with Gasteiger partial charge >= 0.3 is 0 Å². The second-order valence-corrected chi connectivity index (χ2v) is 9.27. The Morgan fingerprint density at radius 3 is 1.24 bits per heavy atom. The van der Waals surface area contributed by atoms with Gasteiger partial charge < -0.3 is 4.74 Å². The van der Waals surface area contributed by atoms with Crippen LogP contribution < -0.4 is 0 Å². The first-order chi connectivity index (χ1) is 14.1. The van der Waals surface area contributed by atoms with Crippen LogP contribution in [0.25, 0.3) is 0 Å². The van der Waals surface area contributed by atoms with E-state index in [2.05, 4.69) is 24.3 Å². The SMILES string of the molecule is O=C1C2C3C=CC(C3)C2C(=O)N1CCOCCN1C(=O)C2C3C=CC(C3)C2C1=O. The highest BCUT2D eigenvalue weighted by Gasteiger charge is 2.60. The second-order valence-electron chi connectivity index (χ2n) is 9.27. The van der Waals surface area contributed by atoms with E-state index in [0.29, 0.717) is 0 Å². The van der Waals surface area contributed by atoms with Crippen molar-refractivity contribution in [3.05, 3.63) is 24.3 Å². The monoisotopic (exact) mass is 396 g/mol. The molecule has 29 heavy (non-hydrogen) atoms. The van der Waals surface area contributed by atoms with Gasteiger partial charge in [-0.2, -0.15) is 0 Å². The van der Waals surface area contributed by atoms with Gasteiger partial charge in [-0.25, -0.2) is 0 Å². The molecule has 8 atom stereocenters. The summed E-state index contributed by atoms with van der Waals surface area (Å²) in [6, 6.07) is 0. The molecule has 2 saturated carbocycles. The Labute approximate surface area is 168 Å². The Hall–Kier alpha value is -2.28. The van der Waals surface area contributed by atoms with Gasteiger partial charge in [-0.05, 0) is 36.5 Å². The lowest BCUT2D eigenvalue weighted by atomic mass is 9.85. The third-order valence-corrected chi connectivity index (χ3v) is 8.04. The lowest BCUT2D eigenvalue weighted by Gasteiger charge is -2.19. The summed E-state index contributed by atoms with van der Waals surface area (Å²) in [6.45, 7) is 0.946. The van der Waals surface area contributed by atoms with E-state index in [-0.39, 0.29) is 97.3 Å². The predicted octanol–water partition coefficient (Wildman–Crippen LogP) is 0.617. The van der Waals surface area contributed by atoms with E-state index < -0.39 is 0 Å². The molecule has 152 valence electrons. The van der Waals surface area contributed by atoms with E-state index in [1.54, 1.807) is 0 Å². The zero-order valence-electron chi connectivity index (χ0n) is 16.1. The number of carbonyl (C=O) groups is 4. The number of likely N-dealkylation sites (tertiary alicyclic amines) is 2. The molecule has 6 aliphatic rings. The summed E-state index contributed by atoms with van der Waals surface area (Å²) in [5, 5.41) is 0. The number of fused-ring (bicyclic) bond motifs is 10. The van der Waals surface area contributed by atoms with E-state index in [1.165, 1.54) is 9.80 Å². The molecule has 0 aromatic heterocycles. The van der Waals surface area contributed by atoms with E-state index in [4.69, 9.17) is 4.74 Å². The summed E-state index contributed by atoms with van der Waals surface area (Å²) in [5.74, 6) is -0.146. The van der Waals surface area contributed by atoms with Crippen LogP contribution in [0.15, 0.2) is 24.3 Å². The van der Waals surface area contributed by atoms with Gasteiger partial charge in [0.05, 0.1) is 50.0 Å². The molecule has 2 aliphatic heterocycles. The zero-order chi connectivity index (χ0) is 19.9. The van der Waals surface area contributed by atoms with E-state index >= 15 is 0 Å². The number of rotatable bonds is 6. The summed E-state index contributed by atoms with van der Waals surface area (Å²) >= 11 is 0. The fraction of sp³-hybridized carbons (Fsp3) is 0.636. The standard InChI is InChI=1S/C22H24N2O5/c25-19-15-11-1-2-12(9-11)16(15)20(26)23(19)5-7-29-8-6-24-21(27)17-13-3-4-14(10-13)18(17)22(24)28/h1-4,11-18H,5-10H2. The topological polar surface area (TPSA) is 84.0 Å². The number of hydrogen-bond acceptors (Lipinski definition) is 5. The van der Waals surface area contributed by atoms with Crippen molar-refractivity contribution >= 4 is 23.6 Å². The summed E-state index contributed by atoms with van der Waals surface area (Å²) < 4.78 is 5.61. The number of carbonyl (C=O) groups excluding carboxylic acids is 4. The Kier molecular flexibility index (Phi) is 3.70. The average molecular weight is 396 g/mol. The van der Waals surface area contributed by atoms with Crippen LogP contribution in [0.1, 0.15) is 12.8 Å². The first kappa shape index (κ1) is 17.6. The number of hydrogen-bond donors (Lipinski definition) is 0. The summed E-state index contributed by atoms with van der Waals surface area (Å²) in [6.07, 6.45) is 10.2. The number of allylic oxidation sites excluding steroid dienone is 4. The summed E-state index contributed by atoms with van der Waals surface area (Å²) in [7, 11) is 0. The minimum Gasteiger partial charge on any atom is -0.378 e. The lowest BCUT2D eigenvalue weighted by Crippen LogP contribution is -2.37. The van der Waals surface area contributed by atoms with Crippen molar-refractivity contribution in [1.29, 1.82) is 0 Å². The fourth-order valence-electron chi connectivity index (χ4n) is 6.78. The van der Waals surface area contributed by atoms with E-state index in [0.717, 1.165) is 12.8 Å². The molecule has 0 spiro atoms. The number of nitrogens with zero attached hydrogens (tertiary/aromatic N) is 2. The Bertz CT molecular complexity index is 748. The third kappa shape index (κ3) is 2.28. The van der Waals surface area contributed by atoms with Gasteiger partial charge in [-0.15, -0.1) is 0 Å². The molecule has 8 unspecified atom stereocenters. The van der Waals surface area contributed by atoms with Crippen molar-refractivity contribution in [2.24, 2.45) is 47.3 Å². The number of imide groups is 2. The van der Waals surface area contributed by atoms with Crippen molar-refractivity contribution in [2.75, 3.05) is 26.3 Å². The molecule has 0 aromatic rings. The average Bonchev–Trinajstić information content (AvgIpc) is 3.53. The van der Waals surface area contributed by atoms with E-state index in [1.807, 2.05) is 0 Å². The van der Waals surface area contributed by atoms with Crippen molar-refractivity contribution < 1.29 is 23.9 Å². The lowest BCUT2D eigenvalue weighted by molar-refractivity contribution is -0.141. The van der Waals surface area contributed by atoms with Gasteiger partial charge in [-0.3, -0.25) is 29.0 Å². The molecular formula is C22H24N2O5. The molecule has 0 radical (unpaired) electrons. The molecule has 0 aromatic carbocycles. The molecule has 4 amide bonds. The largest absolute Gasteiger partial charge is 0.378 e. The van der Waals surface area contributed by atoms with E-state index in [9.17, 15) is 19.2 Å². The Morgan fingerprint density at radius 1 is 0.621 bits per heavy atom. The molecule has 2 saturated heterocycles. The van der Waals surface area contributed by atoms with Gasteiger partial charge in [0.25, 0.3) is 0 Å². The molecule has 4 bridgehead atoms. The first-order valence-corrected chi connectivity index (χ1v) is 10.7. The van der Waals surface area contributed by atoms with Crippen molar-refractivity contribution in [3.63, 3.8) is 0 Å². The Morgan fingerprint density at radius 2 is 0.931 bits per heavy atom. The molecule has 6 rings (SSSR count). The number of ether oxygens (including phenoxy) is 1. The van der Waals surface area contributed by atoms with Gasteiger partial charge in [0.15, 0.2) is 0 Å². The maximum atomic E-state index is 12.6. The Balaban J connectivity index is 0.999. The van der Waals surface area contributed by atoms with Crippen molar-refractivity contribution in [1.82, 2.24) is 9.80 Å². The van der Waals surface area contributed by atoms with Gasteiger partial charge in [0, 0.05) is 0 Å². The molecule has 0 N–H and O–H groups in total. The maximum absolute atomic E-state index is 12.6. The van der Waals surface area contributed by atoms with Gasteiger partial charge in [-0.1, -0.05) is 24.3 Å². The smallest absolute Gasteiger partial charge is 0.233 e. The van der Waals surface area contributed by atoms with Crippen LogP contribution >= 0.6 is 0 Å². The molecule has 2 heterocycles. The van der Waals surface area contributed by atoms with Gasteiger partial charge in [0.1, 0.15) is 0 Å². The minimum absolute atomic E-state index is 0.0684. The van der Waals surface area contributed by atoms with Crippen LogP contribution in [0.2, 0.25) is 0 Å². The third-order valence-electron chi connectivity index (χ3n) is 8.04. The zero-order valence-corrected chi connectivity index (χ0v) is 16.1. The van der Waals surface area contributed by atoms with Crippen molar-refractivity contribution in [3.8, 4) is 0 Å². The summed E-state index contributed by atoms with van der Waals surface area (Å²) in [4.78, 5) is 53.2.